The van der Waals surface area contributed by atoms with Crippen LogP contribution in [0.15, 0.2) is 47.4 Å². The van der Waals surface area contributed by atoms with Crippen molar-refractivity contribution in [3.63, 3.8) is 0 Å². The fraction of sp³-hybridized carbons (Fsp3) is 0.222. The Balaban J connectivity index is 1.83. The first kappa shape index (κ1) is 15.6. The smallest absolute Gasteiger partial charge is 0.255 e. The van der Waals surface area contributed by atoms with E-state index in [1.165, 1.54) is 0 Å². The number of anilines is 2. The number of carbonyl (C=O) groups is 2. The molecule has 2 amide bonds. The van der Waals surface area contributed by atoms with Crippen LogP contribution in [0.5, 0.6) is 0 Å². The van der Waals surface area contributed by atoms with Gasteiger partial charge >= 0.3 is 0 Å². The van der Waals surface area contributed by atoms with Gasteiger partial charge in [0.1, 0.15) is 0 Å². The van der Waals surface area contributed by atoms with Crippen molar-refractivity contribution >= 4 is 35.0 Å². The van der Waals surface area contributed by atoms with Gasteiger partial charge in [0, 0.05) is 29.6 Å². The number of hydrogen-bond acceptors (Lipinski definition) is 3. The summed E-state index contributed by atoms with van der Waals surface area (Å²) in [5, 5.41) is 2.96. The Hall–Kier alpha value is -2.27. The van der Waals surface area contributed by atoms with Gasteiger partial charge in [-0.2, -0.15) is 0 Å². The average molecular weight is 326 g/mol. The minimum atomic E-state index is -0.129. The highest BCUT2D eigenvalue weighted by Gasteiger charge is 2.23. The Morgan fingerprint density at radius 1 is 1.17 bits per heavy atom. The van der Waals surface area contributed by atoms with Gasteiger partial charge in [0.2, 0.25) is 5.91 Å². The summed E-state index contributed by atoms with van der Waals surface area (Å²) in [5.41, 5.74) is 3.39. The van der Waals surface area contributed by atoms with Crippen LogP contribution in [0, 0.1) is 0 Å². The molecule has 0 bridgehead atoms. The lowest BCUT2D eigenvalue weighted by Crippen LogP contribution is -2.25. The van der Waals surface area contributed by atoms with Gasteiger partial charge in [-0.05, 0) is 48.6 Å². The normalized spacial score (nSPS) is 12.9. The Morgan fingerprint density at radius 2 is 1.96 bits per heavy atom. The zero-order chi connectivity index (χ0) is 16.4. The lowest BCUT2D eigenvalue weighted by molar-refractivity contribution is -0.116. The Labute approximate surface area is 139 Å². The maximum atomic E-state index is 12.5. The number of para-hydroxylation sites is 1. The second kappa shape index (κ2) is 6.46. The van der Waals surface area contributed by atoms with Gasteiger partial charge in [0.15, 0.2) is 0 Å². The molecule has 23 heavy (non-hydrogen) atoms. The van der Waals surface area contributed by atoms with Crippen LogP contribution in [-0.4, -0.2) is 24.6 Å². The Morgan fingerprint density at radius 3 is 2.70 bits per heavy atom. The predicted molar refractivity (Wildman–Crippen MR) is 94.3 cm³/mol. The standard InChI is InChI=1S/C18H18N2O2S/c1-12(21)20-10-9-13-11-14(7-8-16(13)20)18(22)19-15-5-3-4-6-17(15)23-2/h3-8,11H,9-10H2,1-2H3,(H,19,22). The summed E-state index contributed by atoms with van der Waals surface area (Å²) < 4.78 is 0. The minimum absolute atomic E-state index is 0.0369. The van der Waals surface area contributed by atoms with Crippen molar-refractivity contribution in [3.8, 4) is 0 Å². The molecule has 2 aromatic rings. The summed E-state index contributed by atoms with van der Waals surface area (Å²) >= 11 is 1.60. The number of carbonyl (C=O) groups excluding carboxylic acids is 2. The van der Waals surface area contributed by atoms with Gasteiger partial charge in [-0.1, -0.05) is 12.1 Å². The van der Waals surface area contributed by atoms with Gasteiger partial charge < -0.3 is 10.2 Å². The summed E-state index contributed by atoms with van der Waals surface area (Å²) in [5.74, 6) is -0.0922. The van der Waals surface area contributed by atoms with E-state index in [1.54, 1.807) is 29.7 Å². The molecule has 0 atom stereocenters. The fourth-order valence-corrected chi connectivity index (χ4v) is 3.37. The van der Waals surface area contributed by atoms with E-state index in [-0.39, 0.29) is 11.8 Å². The number of fused-ring (bicyclic) bond motifs is 1. The molecule has 0 spiro atoms. The average Bonchev–Trinajstić information content (AvgIpc) is 2.98. The van der Waals surface area contributed by atoms with Crippen molar-refractivity contribution in [2.45, 2.75) is 18.2 Å². The topological polar surface area (TPSA) is 49.4 Å². The third kappa shape index (κ3) is 3.10. The zero-order valence-corrected chi connectivity index (χ0v) is 13.9. The molecule has 0 saturated carbocycles. The highest BCUT2D eigenvalue weighted by molar-refractivity contribution is 7.98. The highest BCUT2D eigenvalue weighted by Crippen LogP contribution is 2.30. The summed E-state index contributed by atoms with van der Waals surface area (Å²) in [6, 6.07) is 13.3. The molecule has 1 N–H and O–H groups in total. The second-order valence-corrected chi connectivity index (χ2v) is 6.27. The van der Waals surface area contributed by atoms with Crippen LogP contribution in [0.3, 0.4) is 0 Å². The minimum Gasteiger partial charge on any atom is -0.321 e. The van der Waals surface area contributed by atoms with Gasteiger partial charge in [0.05, 0.1) is 5.69 Å². The molecule has 5 heteroatoms. The van der Waals surface area contributed by atoms with E-state index in [4.69, 9.17) is 0 Å². The van der Waals surface area contributed by atoms with E-state index < -0.39 is 0 Å². The molecule has 1 aliphatic rings. The highest BCUT2D eigenvalue weighted by atomic mass is 32.2. The van der Waals surface area contributed by atoms with E-state index in [9.17, 15) is 9.59 Å². The quantitative estimate of drug-likeness (QED) is 0.877. The number of thioether (sulfide) groups is 1. The molecule has 4 nitrogen and oxygen atoms in total. The lowest BCUT2D eigenvalue weighted by atomic mass is 10.1. The molecule has 0 fully saturated rings. The monoisotopic (exact) mass is 326 g/mol. The molecule has 0 aromatic heterocycles. The fourth-order valence-electron chi connectivity index (χ4n) is 2.81. The molecule has 1 aliphatic heterocycles. The van der Waals surface area contributed by atoms with Crippen molar-refractivity contribution in [2.24, 2.45) is 0 Å². The summed E-state index contributed by atoms with van der Waals surface area (Å²) in [6.07, 6.45) is 2.77. The molecule has 118 valence electrons. The van der Waals surface area contributed by atoms with Gasteiger partial charge in [0.25, 0.3) is 5.91 Å². The van der Waals surface area contributed by atoms with Gasteiger partial charge in [-0.3, -0.25) is 9.59 Å². The van der Waals surface area contributed by atoms with Crippen molar-refractivity contribution in [1.82, 2.24) is 0 Å². The molecule has 0 aliphatic carbocycles. The molecule has 3 rings (SSSR count). The number of rotatable bonds is 3. The first-order valence-corrected chi connectivity index (χ1v) is 8.68. The van der Waals surface area contributed by atoms with E-state index in [0.717, 1.165) is 28.3 Å². The maximum Gasteiger partial charge on any atom is 0.255 e. The molecular weight excluding hydrogens is 308 g/mol. The van der Waals surface area contributed by atoms with Crippen molar-refractivity contribution in [2.75, 3.05) is 23.0 Å². The van der Waals surface area contributed by atoms with Gasteiger partial charge in [-0.25, -0.2) is 0 Å². The van der Waals surface area contributed by atoms with Crippen LogP contribution in [0.4, 0.5) is 11.4 Å². The van der Waals surface area contributed by atoms with Crippen LogP contribution >= 0.6 is 11.8 Å². The molecule has 2 aromatic carbocycles. The predicted octanol–water partition coefficient (Wildman–Crippen LogP) is 3.57. The SMILES string of the molecule is CSc1ccccc1NC(=O)c1ccc2c(c1)CCN2C(C)=O. The number of nitrogens with one attached hydrogen (secondary N) is 1. The zero-order valence-electron chi connectivity index (χ0n) is 13.1. The maximum absolute atomic E-state index is 12.5. The van der Waals surface area contributed by atoms with Crippen LogP contribution in [0.2, 0.25) is 0 Å². The summed E-state index contributed by atoms with van der Waals surface area (Å²) in [4.78, 5) is 26.9. The number of benzene rings is 2. The lowest BCUT2D eigenvalue weighted by Gasteiger charge is -2.15. The molecule has 0 radical (unpaired) electrons. The van der Waals surface area contributed by atoms with Crippen LogP contribution < -0.4 is 10.2 Å². The first-order chi connectivity index (χ1) is 11.1. The largest absolute Gasteiger partial charge is 0.321 e. The third-order valence-electron chi connectivity index (χ3n) is 3.97. The molecule has 0 saturated heterocycles. The van der Waals surface area contributed by atoms with E-state index in [1.807, 2.05) is 42.7 Å². The van der Waals surface area contributed by atoms with Crippen LogP contribution in [0.1, 0.15) is 22.8 Å². The second-order valence-electron chi connectivity index (χ2n) is 5.42. The number of hydrogen-bond donors (Lipinski definition) is 1. The molecular formula is C18H18N2O2S. The first-order valence-electron chi connectivity index (χ1n) is 7.45. The van der Waals surface area contributed by atoms with E-state index >= 15 is 0 Å². The van der Waals surface area contributed by atoms with Crippen LogP contribution in [-0.2, 0) is 11.2 Å². The van der Waals surface area contributed by atoms with E-state index in [2.05, 4.69) is 5.32 Å². The van der Waals surface area contributed by atoms with Crippen molar-refractivity contribution in [3.05, 3.63) is 53.6 Å². The summed E-state index contributed by atoms with van der Waals surface area (Å²) in [7, 11) is 0. The van der Waals surface area contributed by atoms with Gasteiger partial charge in [-0.15, -0.1) is 11.8 Å². The summed E-state index contributed by atoms with van der Waals surface area (Å²) in [6.45, 7) is 2.25. The Kier molecular flexibility index (Phi) is 4.39. The van der Waals surface area contributed by atoms with Crippen LogP contribution in [0.25, 0.3) is 0 Å². The third-order valence-corrected chi connectivity index (χ3v) is 4.77. The number of nitrogens with zero attached hydrogens (tertiary/aromatic N) is 1. The molecule has 0 unspecified atom stereocenters. The van der Waals surface area contributed by atoms with Crippen molar-refractivity contribution in [1.29, 1.82) is 0 Å². The van der Waals surface area contributed by atoms with E-state index in [0.29, 0.717) is 12.1 Å². The molecule has 1 heterocycles. The number of amides is 2. The van der Waals surface area contributed by atoms with Crippen molar-refractivity contribution < 1.29 is 9.59 Å². The Bertz CT molecular complexity index is 773.